The molecule has 0 spiro atoms. The highest BCUT2D eigenvalue weighted by atomic mass is 19.1. The molecule has 0 fully saturated rings. The molecule has 6 heteroatoms. The molecule has 0 aliphatic carbocycles. The van der Waals surface area contributed by atoms with Gasteiger partial charge in [0.1, 0.15) is 12.0 Å². The van der Waals surface area contributed by atoms with Gasteiger partial charge in [0, 0.05) is 0 Å². The molecule has 3 rings (SSSR count). The maximum atomic E-state index is 13.6. The van der Waals surface area contributed by atoms with Gasteiger partial charge in [-0.25, -0.2) is 4.39 Å². The second-order valence-corrected chi connectivity index (χ2v) is 3.75. The van der Waals surface area contributed by atoms with Crippen molar-refractivity contribution in [2.45, 2.75) is 0 Å². The molecule has 1 heterocycles. The number of rotatable bonds is 3. The van der Waals surface area contributed by atoms with Gasteiger partial charge in [-0.2, -0.15) is 4.68 Å². The first-order chi connectivity index (χ1) is 9.34. The van der Waals surface area contributed by atoms with Gasteiger partial charge in [0.2, 0.25) is 0 Å². The molecule has 94 valence electrons. The minimum absolute atomic E-state index is 0.156. The van der Waals surface area contributed by atoms with Gasteiger partial charge in [-0.15, -0.1) is 5.10 Å². The van der Waals surface area contributed by atoms with Crippen LogP contribution in [0, 0.1) is 5.82 Å². The smallest absolute Gasteiger partial charge is 0.165 e. The molecule has 2 aromatic carbocycles. The number of hydrogen-bond donors (Lipinski definition) is 0. The zero-order valence-electron chi connectivity index (χ0n) is 9.77. The minimum Gasteiger partial charge on any atom is -0.452 e. The average Bonchev–Trinajstić information content (AvgIpc) is 2.96. The zero-order chi connectivity index (χ0) is 13.1. The van der Waals surface area contributed by atoms with E-state index in [1.165, 1.54) is 17.1 Å². The van der Waals surface area contributed by atoms with E-state index in [4.69, 9.17) is 4.74 Å². The summed E-state index contributed by atoms with van der Waals surface area (Å²) in [6.45, 7) is 0. The highest BCUT2D eigenvalue weighted by molar-refractivity contribution is 5.47. The molecular weight excluding hydrogens is 247 g/mol. The Kier molecular flexibility index (Phi) is 2.89. The van der Waals surface area contributed by atoms with Crippen molar-refractivity contribution in [2.75, 3.05) is 0 Å². The number of nitrogens with zero attached hydrogens (tertiary/aromatic N) is 4. The normalized spacial score (nSPS) is 10.4. The quantitative estimate of drug-likeness (QED) is 0.722. The standard InChI is InChI=1S/C13H9FN4O/c14-10-5-1-3-7-12(10)19-13-8-4-2-6-11(13)18-9-15-16-17-18/h1-9H. The fourth-order valence-corrected chi connectivity index (χ4v) is 1.65. The molecule has 3 aromatic rings. The summed E-state index contributed by atoms with van der Waals surface area (Å²) in [5, 5.41) is 10.9. The highest BCUT2D eigenvalue weighted by Gasteiger charge is 2.09. The molecule has 1 aromatic heterocycles. The van der Waals surface area contributed by atoms with E-state index in [9.17, 15) is 4.39 Å². The summed E-state index contributed by atoms with van der Waals surface area (Å²) in [6.07, 6.45) is 1.45. The van der Waals surface area contributed by atoms with E-state index >= 15 is 0 Å². The monoisotopic (exact) mass is 256 g/mol. The summed E-state index contributed by atoms with van der Waals surface area (Å²) < 4.78 is 20.6. The Bertz CT molecular complexity index is 685. The first-order valence-electron chi connectivity index (χ1n) is 5.59. The SMILES string of the molecule is Fc1ccccc1Oc1ccccc1-n1cnnn1. The largest absolute Gasteiger partial charge is 0.452 e. The van der Waals surface area contributed by atoms with Crippen LogP contribution >= 0.6 is 0 Å². The summed E-state index contributed by atoms with van der Waals surface area (Å²) >= 11 is 0. The van der Waals surface area contributed by atoms with E-state index in [1.807, 2.05) is 6.07 Å². The highest BCUT2D eigenvalue weighted by Crippen LogP contribution is 2.28. The summed E-state index contributed by atoms with van der Waals surface area (Å²) in [5.41, 5.74) is 0.635. The van der Waals surface area contributed by atoms with Crippen LogP contribution in [0.15, 0.2) is 54.9 Å². The topological polar surface area (TPSA) is 52.8 Å². The van der Waals surface area contributed by atoms with Gasteiger partial charge in [0.05, 0.1) is 0 Å². The van der Waals surface area contributed by atoms with Crippen LogP contribution in [0.1, 0.15) is 0 Å². The lowest BCUT2D eigenvalue weighted by Crippen LogP contribution is -1.99. The van der Waals surface area contributed by atoms with E-state index in [0.29, 0.717) is 11.4 Å². The lowest BCUT2D eigenvalue weighted by atomic mass is 10.3. The Morgan fingerprint density at radius 3 is 2.42 bits per heavy atom. The van der Waals surface area contributed by atoms with E-state index in [0.717, 1.165) is 0 Å². The van der Waals surface area contributed by atoms with E-state index in [-0.39, 0.29) is 5.75 Å². The van der Waals surface area contributed by atoms with Crippen molar-refractivity contribution in [1.82, 2.24) is 20.2 Å². The molecule has 5 nitrogen and oxygen atoms in total. The van der Waals surface area contributed by atoms with Crippen molar-refractivity contribution < 1.29 is 9.13 Å². The van der Waals surface area contributed by atoms with Crippen molar-refractivity contribution >= 4 is 0 Å². The molecule has 0 radical (unpaired) electrons. The van der Waals surface area contributed by atoms with Gasteiger partial charge in [0.25, 0.3) is 0 Å². The van der Waals surface area contributed by atoms with Gasteiger partial charge in [0.15, 0.2) is 17.3 Å². The third-order valence-corrected chi connectivity index (χ3v) is 2.52. The molecule has 0 aliphatic rings. The number of benzene rings is 2. The first kappa shape index (κ1) is 11.3. The van der Waals surface area contributed by atoms with Gasteiger partial charge in [-0.1, -0.05) is 24.3 Å². The lowest BCUT2D eigenvalue weighted by Gasteiger charge is -2.10. The molecular formula is C13H9FN4O. The van der Waals surface area contributed by atoms with Gasteiger partial charge < -0.3 is 4.74 Å². The molecule has 0 aliphatic heterocycles. The molecule has 0 N–H and O–H groups in total. The predicted molar refractivity (Wildman–Crippen MR) is 65.6 cm³/mol. The summed E-state index contributed by atoms with van der Waals surface area (Å²) in [7, 11) is 0. The minimum atomic E-state index is -0.422. The van der Waals surface area contributed by atoms with Crippen LogP contribution in [0.5, 0.6) is 11.5 Å². The molecule has 19 heavy (non-hydrogen) atoms. The summed E-state index contributed by atoms with van der Waals surface area (Å²) in [6, 6.07) is 13.3. The Balaban J connectivity index is 2.00. The van der Waals surface area contributed by atoms with Crippen molar-refractivity contribution in [2.24, 2.45) is 0 Å². The predicted octanol–water partition coefficient (Wildman–Crippen LogP) is 2.59. The van der Waals surface area contributed by atoms with E-state index in [2.05, 4.69) is 15.5 Å². The number of hydrogen-bond acceptors (Lipinski definition) is 4. The van der Waals surface area contributed by atoms with Gasteiger partial charge >= 0.3 is 0 Å². The van der Waals surface area contributed by atoms with Crippen LogP contribution in [0.3, 0.4) is 0 Å². The van der Waals surface area contributed by atoms with Gasteiger partial charge in [-0.05, 0) is 34.7 Å². The number of tetrazole rings is 1. The third kappa shape index (κ3) is 2.28. The molecule has 0 atom stereocenters. The number of aromatic nitrogens is 4. The molecule has 0 amide bonds. The molecule has 0 saturated carbocycles. The number of halogens is 1. The Morgan fingerprint density at radius 2 is 1.68 bits per heavy atom. The van der Waals surface area contributed by atoms with Gasteiger partial charge in [-0.3, -0.25) is 0 Å². The molecule has 0 bridgehead atoms. The summed E-state index contributed by atoms with van der Waals surface area (Å²) in [4.78, 5) is 0. The summed E-state index contributed by atoms with van der Waals surface area (Å²) in [5.74, 6) is 0.206. The number of para-hydroxylation sites is 3. The van der Waals surface area contributed by atoms with Crippen molar-refractivity contribution in [3.8, 4) is 17.2 Å². The molecule has 0 unspecified atom stereocenters. The van der Waals surface area contributed by atoms with Crippen molar-refractivity contribution in [3.63, 3.8) is 0 Å². The van der Waals surface area contributed by atoms with E-state index < -0.39 is 5.82 Å². The molecule has 0 saturated heterocycles. The van der Waals surface area contributed by atoms with Crippen molar-refractivity contribution in [3.05, 3.63) is 60.7 Å². The van der Waals surface area contributed by atoms with Crippen LogP contribution in [0.2, 0.25) is 0 Å². The Labute approximate surface area is 108 Å². The Hall–Kier alpha value is -2.76. The fourth-order valence-electron chi connectivity index (χ4n) is 1.65. The third-order valence-electron chi connectivity index (χ3n) is 2.52. The lowest BCUT2D eigenvalue weighted by molar-refractivity contribution is 0.439. The van der Waals surface area contributed by atoms with Crippen LogP contribution in [-0.4, -0.2) is 20.2 Å². The second kappa shape index (κ2) is 4.85. The van der Waals surface area contributed by atoms with Crippen LogP contribution in [0.25, 0.3) is 5.69 Å². The number of ether oxygens (including phenoxy) is 1. The maximum Gasteiger partial charge on any atom is 0.165 e. The second-order valence-electron chi connectivity index (χ2n) is 3.75. The Morgan fingerprint density at radius 1 is 0.947 bits per heavy atom. The van der Waals surface area contributed by atoms with Crippen molar-refractivity contribution in [1.29, 1.82) is 0 Å². The zero-order valence-corrected chi connectivity index (χ0v) is 9.77. The van der Waals surface area contributed by atoms with Crippen LogP contribution in [0.4, 0.5) is 4.39 Å². The maximum absolute atomic E-state index is 13.6. The van der Waals surface area contributed by atoms with Crippen LogP contribution < -0.4 is 4.74 Å². The fraction of sp³-hybridized carbons (Fsp3) is 0. The first-order valence-corrected chi connectivity index (χ1v) is 5.59. The van der Waals surface area contributed by atoms with Crippen LogP contribution in [-0.2, 0) is 0 Å². The van der Waals surface area contributed by atoms with E-state index in [1.54, 1.807) is 36.4 Å². The average molecular weight is 256 g/mol.